The third kappa shape index (κ3) is 3.65. The average Bonchev–Trinajstić information content (AvgIpc) is 2.54. The Hall–Kier alpha value is -0.440. The lowest BCUT2D eigenvalue weighted by molar-refractivity contribution is -0.355. The Morgan fingerprint density at radius 2 is 1.22 bits per heavy atom. The van der Waals surface area contributed by atoms with Gasteiger partial charge in [0.25, 0.3) is 0 Å². The van der Waals surface area contributed by atoms with Gasteiger partial charge in [-0.05, 0) is 0 Å². The maximum Gasteiger partial charge on any atom is 0.187 e. The van der Waals surface area contributed by atoms with Gasteiger partial charge in [-0.1, -0.05) is 0 Å². The number of aliphatic hydroxyl groups is 8. The number of aliphatic hydroxyl groups excluding tert-OH is 8. The standard InChI is InChI=1S/C12H22O11/c13-1-3-5(15)7(17)8(18)12(22-3)23-10-6(16)4(2-14)21-11(20)9(10)19/h3-20H,1-2H2/t3?,4?,5-,6-,7-,8?,9?,10-,11+,12+/m0/s1. The lowest BCUT2D eigenvalue weighted by atomic mass is 9.97. The molecule has 0 radical (unpaired) electrons. The van der Waals surface area contributed by atoms with E-state index < -0.39 is 74.6 Å². The van der Waals surface area contributed by atoms with E-state index in [1.807, 2.05) is 0 Å². The molecule has 136 valence electrons. The summed E-state index contributed by atoms with van der Waals surface area (Å²) in [6, 6.07) is 0. The molecule has 0 aliphatic carbocycles. The summed E-state index contributed by atoms with van der Waals surface area (Å²) in [5.41, 5.74) is 0. The van der Waals surface area contributed by atoms with E-state index in [1.165, 1.54) is 0 Å². The molecule has 11 nitrogen and oxygen atoms in total. The van der Waals surface area contributed by atoms with Crippen molar-refractivity contribution in [3.63, 3.8) is 0 Å². The molecule has 0 bridgehead atoms. The zero-order chi connectivity index (χ0) is 17.3. The highest BCUT2D eigenvalue weighted by atomic mass is 16.7. The van der Waals surface area contributed by atoms with Gasteiger partial charge in [0.1, 0.15) is 48.8 Å². The number of hydrogen-bond donors (Lipinski definition) is 8. The van der Waals surface area contributed by atoms with Crippen LogP contribution < -0.4 is 0 Å². The summed E-state index contributed by atoms with van der Waals surface area (Å²) in [5, 5.41) is 76.8. The molecule has 2 saturated heterocycles. The summed E-state index contributed by atoms with van der Waals surface area (Å²) >= 11 is 0. The minimum atomic E-state index is -1.76. The maximum atomic E-state index is 10.00. The predicted molar refractivity (Wildman–Crippen MR) is 68.6 cm³/mol. The number of ether oxygens (including phenoxy) is 3. The summed E-state index contributed by atoms with van der Waals surface area (Å²) in [4.78, 5) is 0. The summed E-state index contributed by atoms with van der Waals surface area (Å²) in [5.74, 6) is 0. The van der Waals surface area contributed by atoms with Crippen LogP contribution in [0.15, 0.2) is 0 Å². The minimum absolute atomic E-state index is 0.667. The van der Waals surface area contributed by atoms with Crippen LogP contribution in [0.25, 0.3) is 0 Å². The molecule has 11 heteroatoms. The molecular formula is C12H22O11. The van der Waals surface area contributed by atoms with Gasteiger partial charge in [-0.15, -0.1) is 0 Å². The first kappa shape index (κ1) is 18.9. The van der Waals surface area contributed by atoms with E-state index in [0.29, 0.717) is 0 Å². The molecule has 4 unspecified atom stereocenters. The molecule has 2 fully saturated rings. The van der Waals surface area contributed by atoms with Crippen molar-refractivity contribution in [3.8, 4) is 0 Å². The highest BCUT2D eigenvalue weighted by Crippen LogP contribution is 2.28. The smallest absolute Gasteiger partial charge is 0.187 e. The molecule has 0 aromatic carbocycles. The Morgan fingerprint density at radius 1 is 0.652 bits per heavy atom. The van der Waals surface area contributed by atoms with Crippen molar-refractivity contribution < 1.29 is 55.1 Å². The molecule has 8 N–H and O–H groups in total. The highest BCUT2D eigenvalue weighted by Gasteiger charge is 2.50. The van der Waals surface area contributed by atoms with Crippen molar-refractivity contribution >= 4 is 0 Å². The molecule has 10 atom stereocenters. The van der Waals surface area contributed by atoms with Gasteiger partial charge >= 0.3 is 0 Å². The van der Waals surface area contributed by atoms with E-state index in [2.05, 4.69) is 0 Å². The van der Waals surface area contributed by atoms with Crippen LogP contribution in [0.2, 0.25) is 0 Å². The van der Waals surface area contributed by atoms with E-state index >= 15 is 0 Å². The second-order valence-electron chi connectivity index (χ2n) is 5.53. The third-order valence-corrected chi connectivity index (χ3v) is 3.98. The fourth-order valence-electron chi connectivity index (χ4n) is 2.56. The van der Waals surface area contributed by atoms with E-state index in [-0.39, 0.29) is 0 Å². The number of hydrogen-bond acceptors (Lipinski definition) is 11. The van der Waals surface area contributed by atoms with Crippen molar-refractivity contribution in [2.75, 3.05) is 13.2 Å². The molecule has 2 rings (SSSR count). The molecule has 0 aromatic heterocycles. The Balaban J connectivity index is 2.11. The van der Waals surface area contributed by atoms with Crippen molar-refractivity contribution in [1.29, 1.82) is 0 Å². The van der Waals surface area contributed by atoms with Gasteiger partial charge in [0.05, 0.1) is 13.2 Å². The van der Waals surface area contributed by atoms with Crippen LogP contribution in [-0.4, -0.2) is 115 Å². The van der Waals surface area contributed by atoms with Crippen LogP contribution >= 0.6 is 0 Å². The van der Waals surface area contributed by atoms with Gasteiger partial charge < -0.3 is 55.1 Å². The lowest BCUT2D eigenvalue weighted by Crippen LogP contribution is -2.64. The van der Waals surface area contributed by atoms with Gasteiger partial charge in [0.2, 0.25) is 0 Å². The van der Waals surface area contributed by atoms with Gasteiger partial charge in [-0.25, -0.2) is 0 Å². The Bertz CT molecular complexity index is 380. The summed E-state index contributed by atoms with van der Waals surface area (Å²) in [6.07, 6.45) is -15.7. The first-order valence-electron chi connectivity index (χ1n) is 7.08. The zero-order valence-electron chi connectivity index (χ0n) is 12.0. The molecular weight excluding hydrogens is 320 g/mol. The molecule has 0 aromatic rings. The van der Waals surface area contributed by atoms with Crippen LogP contribution in [0, 0.1) is 0 Å². The fourth-order valence-corrected chi connectivity index (χ4v) is 2.56. The van der Waals surface area contributed by atoms with Crippen LogP contribution in [0.1, 0.15) is 0 Å². The van der Waals surface area contributed by atoms with Crippen molar-refractivity contribution in [2.45, 2.75) is 61.4 Å². The first-order valence-corrected chi connectivity index (χ1v) is 7.08. The van der Waals surface area contributed by atoms with Crippen molar-refractivity contribution in [3.05, 3.63) is 0 Å². The van der Waals surface area contributed by atoms with Crippen LogP contribution in [0.3, 0.4) is 0 Å². The van der Waals surface area contributed by atoms with Gasteiger partial charge in [0, 0.05) is 0 Å². The Labute approximate surface area is 130 Å². The summed E-state index contributed by atoms with van der Waals surface area (Å²) in [6.45, 7) is -1.34. The minimum Gasteiger partial charge on any atom is -0.394 e. The molecule has 2 heterocycles. The van der Waals surface area contributed by atoms with E-state index in [1.54, 1.807) is 0 Å². The summed E-state index contributed by atoms with van der Waals surface area (Å²) in [7, 11) is 0. The average molecular weight is 342 g/mol. The Kier molecular flexibility index (Phi) is 6.27. The fraction of sp³-hybridized carbons (Fsp3) is 1.00. The molecule has 23 heavy (non-hydrogen) atoms. The second-order valence-corrected chi connectivity index (χ2v) is 5.53. The normalized spacial score (nSPS) is 51.7. The van der Waals surface area contributed by atoms with E-state index in [0.717, 1.165) is 0 Å². The maximum absolute atomic E-state index is 10.00. The largest absolute Gasteiger partial charge is 0.394 e. The molecule has 0 spiro atoms. The van der Waals surface area contributed by atoms with Gasteiger partial charge in [0.15, 0.2) is 12.6 Å². The quantitative estimate of drug-likeness (QED) is 0.243. The van der Waals surface area contributed by atoms with E-state index in [9.17, 15) is 30.6 Å². The first-order chi connectivity index (χ1) is 10.8. The third-order valence-electron chi connectivity index (χ3n) is 3.98. The van der Waals surface area contributed by atoms with Crippen LogP contribution in [-0.2, 0) is 14.2 Å². The zero-order valence-corrected chi connectivity index (χ0v) is 12.0. The summed E-state index contributed by atoms with van der Waals surface area (Å²) < 4.78 is 15.1. The van der Waals surface area contributed by atoms with E-state index in [4.69, 9.17) is 24.4 Å². The van der Waals surface area contributed by atoms with Gasteiger partial charge in [-0.3, -0.25) is 0 Å². The SMILES string of the molecule is OCC1O[C@H](O[C@@H]2C(O)[C@H](O)OC(CO)[C@@H]2O)C(O)[C@@H](O)[C@H]1O. The van der Waals surface area contributed by atoms with Crippen LogP contribution in [0.4, 0.5) is 0 Å². The lowest BCUT2D eigenvalue weighted by Gasteiger charge is -2.45. The topological polar surface area (TPSA) is 190 Å². The Morgan fingerprint density at radius 3 is 1.78 bits per heavy atom. The molecule has 0 amide bonds. The van der Waals surface area contributed by atoms with Crippen LogP contribution in [0.5, 0.6) is 0 Å². The van der Waals surface area contributed by atoms with Gasteiger partial charge in [-0.2, -0.15) is 0 Å². The van der Waals surface area contributed by atoms with Crippen molar-refractivity contribution in [2.24, 2.45) is 0 Å². The monoisotopic (exact) mass is 342 g/mol. The van der Waals surface area contributed by atoms with Crippen molar-refractivity contribution in [1.82, 2.24) is 0 Å². The highest BCUT2D eigenvalue weighted by molar-refractivity contribution is 4.93. The number of rotatable bonds is 4. The molecule has 0 saturated carbocycles. The molecule has 2 aliphatic heterocycles. The predicted octanol–water partition coefficient (Wildman–Crippen LogP) is -5.40. The molecule has 2 aliphatic rings. The second kappa shape index (κ2) is 7.63.